The first kappa shape index (κ1) is 13.9. The molecule has 0 saturated carbocycles. The van der Waals surface area contributed by atoms with Crippen molar-refractivity contribution in [3.63, 3.8) is 0 Å². The topological polar surface area (TPSA) is 61.5 Å². The molecule has 2 aromatic carbocycles. The van der Waals surface area contributed by atoms with Crippen LogP contribution in [0.5, 0.6) is 11.5 Å². The van der Waals surface area contributed by atoms with Gasteiger partial charge in [-0.15, -0.1) is 0 Å². The van der Waals surface area contributed by atoms with Gasteiger partial charge in [0.05, 0.1) is 12.7 Å². The molecule has 4 nitrogen and oxygen atoms in total. The normalized spacial score (nSPS) is 10.2. The zero-order valence-corrected chi connectivity index (χ0v) is 11.1. The summed E-state index contributed by atoms with van der Waals surface area (Å²) in [6.07, 6.45) is 0. The van der Waals surface area contributed by atoms with Gasteiger partial charge < -0.3 is 15.2 Å². The van der Waals surface area contributed by atoms with Crippen LogP contribution in [0.1, 0.15) is 15.9 Å². The van der Waals surface area contributed by atoms with Crippen LogP contribution in [-0.2, 0) is 4.74 Å². The molecule has 0 fully saturated rings. The van der Waals surface area contributed by atoms with E-state index in [1.807, 2.05) is 19.1 Å². The first-order valence-corrected chi connectivity index (χ1v) is 5.93. The Morgan fingerprint density at radius 3 is 2.55 bits per heavy atom. The lowest BCUT2D eigenvalue weighted by atomic mass is 10.1. The van der Waals surface area contributed by atoms with Crippen molar-refractivity contribution in [3.05, 3.63) is 53.3 Å². The maximum Gasteiger partial charge on any atom is 0.340 e. The molecule has 0 heterocycles. The number of esters is 1. The first-order valence-electron chi connectivity index (χ1n) is 5.93. The summed E-state index contributed by atoms with van der Waals surface area (Å²) in [5.74, 6) is -0.851. The lowest BCUT2D eigenvalue weighted by Crippen LogP contribution is -2.07. The molecule has 20 heavy (non-hydrogen) atoms. The van der Waals surface area contributed by atoms with Gasteiger partial charge in [0, 0.05) is 17.8 Å². The molecule has 2 N–H and O–H groups in total. The number of hydrogen-bond donors (Lipinski definition) is 1. The Kier molecular flexibility index (Phi) is 3.89. The van der Waals surface area contributed by atoms with Gasteiger partial charge in [-0.1, -0.05) is 18.2 Å². The zero-order chi connectivity index (χ0) is 14.7. The average molecular weight is 275 g/mol. The Balaban J connectivity index is 2.42. The van der Waals surface area contributed by atoms with Crippen LogP contribution < -0.4 is 10.5 Å². The van der Waals surface area contributed by atoms with Crippen molar-refractivity contribution in [3.8, 4) is 11.5 Å². The smallest absolute Gasteiger partial charge is 0.340 e. The van der Waals surface area contributed by atoms with Gasteiger partial charge in [-0.05, 0) is 18.6 Å². The zero-order valence-electron chi connectivity index (χ0n) is 11.1. The maximum absolute atomic E-state index is 13.9. The highest BCUT2D eigenvalue weighted by Gasteiger charge is 2.16. The van der Waals surface area contributed by atoms with Crippen molar-refractivity contribution < 1.29 is 18.7 Å². The molecule has 0 aliphatic heterocycles. The van der Waals surface area contributed by atoms with E-state index in [2.05, 4.69) is 4.74 Å². The van der Waals surface area contributed by atoms with E-state index in [-0.39, 0.29) is 17.0 Å². The van der Waals surface area contributed by atoms with E-state index in [1.54, 1.807) is 12.1 Å². The molecule has 0 radical (unpaired) electrons. The monoisotopic (exact) mass is 275 g/mol. The van der Waals surface area contributed by atoms with Gasteiger partial charge in [-0.3, -0.25) is 0 Å². The third kappa shape index (κ3) is 2.71. The van der Waals surface area contributed by atoms with E-state index in [9.17, 15) is 9.18 Å². The highest BCUT2D eigenvalue weighted by atomic mass is 19.1. The third-order valence-electron chi connectivity index (χ3n) is 2.82. The number of hydrogen-bond acceptors (Lipinski definition) is 4. The van der Waals surface area contributed by atoms with Crippen LogP contribution in [0.3, 0.4) is 0 Å². The molecule has 2 rings (SSSR count). The van der Waals surface area contributed by atoms with Gasteiger partial charge in [0.15, 0.2) is 11.6 Å². The van der Waals surface area contributed by atoms with Crippen LogP contribution in [0, 0.1) is 12.7 Å². The summed E-state index contributed by atoms with van der Waals surface area (Å²) >= 11 is 0. The van der Waals surface area contributed by atoms with Gasteiger partial charge >= 0.3 is 5.97 Å². The molecule has 5 heteroatoms. The van der Waals surface area contributed by atoms with E-state index < -0.39 is 11.8 Å². The van der Waals surface area contributed by atoms with Crippen LogP contribution in [0.25, 0.3) is 0 Å². The Morgan fingerprint density at radius 1 is 1.20 bits per heavy atom. The number of aryl methyl sites for hydroxylation is 1. The van der Waals surface area contributed by atoms with Crippen molar-refractivity contribution in [1.82, 2.24) is 0 Å². The van der Waals surface area contributed by atoms with Gasteiger partial charge in [0.25, 0.3) is 0 Å². The van der Waals surface area contributed by atoms with E-state index >= 15 is 0 Å². The van der Waals surface area contributed by atoms with Crippen LogP contribution in [-0.4, -0.2) is 13.1 Å². The minimum atomic E-state index is -0.642. The van der Waals surface area contributed by atoms with E-state index in [4.69, 9.17) is 10.5 Å². The molecule has 0 amide bonds. The number of benzene rings is 2. The minimum Gasteiger partial charge on any atom is -0.465 e. The lowest BCUT2D eigenvalue weighted by molar-refractivity contribution is 0.0601. The fourth-order valence-corrected chi connectivity index (χ4v) is 1.72. The number of para-hydroxylation sites is 1. The van der Waals surface area contributed by atoms with Crippen molar-refractivity contribution in [2.75, 3.05) is 12.8 Å². The summed E-state index contributed by atoms with van der Waals surface area (Å²) in [5.41, 5.74) is 6.52. The molecule has 0 bridgehead atoms. The SMILES string of the molecule is COC(=O)c1cc(Oc2ccccc2C)c(F)cc1N. The quantitative estimate of drug-likeness (QED) is 0.689. The second kappa shape index (κ2) is 5.61. The summed E-state index contributed by atoms with van der Waals surface area (Å²) in [6.45, 7) is 1.84. The molecule has 0 atom stereocenters. The fourth-order valence-electron chi connectivity index (χ4n) is 1.72. The summed E-state index contributed by atoms with van der Waals surface area (Å²) in [4.78, 5) is 11.5. The molecule has 0 saturated heterocycles. The number of rotatable bonds is 3. The predicted molar refractivity (Wildman–Crippen MR) is 73.4 cm³/mol. The Hall–Kier alpha value is -2.56. The molecule has 0 spiro atoms. The largest absolute Gasteiger partial charge is 0.465 e. The molecule has 0 aliphatic carbocycles. The lowest BCUT2D eigenvalue weighted by Gasteiger charge is -2.11. The van der Waals surface area contributed by atoms with Crippen molar-refractivity contribution >= 4 is 11.7 Å². The summed E-state index contributed by atoms with van der Waals surface area (Å²) in [6, 6.07) is 9.46. The van der Waals surface area contributed by atoms with Crippen molar-refractivity contribution in [1.29, 1.82) is 0 Å². The molecular formula is C15H14FNO3. The predicted octanol–water partition coefficient (Wildman–Crippen LogP) is 3.30. The molecule has 0 aromatic heterocycles. The average Bonchev–Trinajstić information content (AvgIpc) is 2.43. The fraction of sp³-hybridized carbons (Fsp3) is 0.133. The third-order valence-corrected chi connectivity index (χ3v) is 2.82. The van der Waals surface area contributed by atoms with E-state index in [1.165, 1.54) is 13.2 Å². The molecule has 0 aliphatic rings. The molecule has 2 aromatic rings. The number of nitrogens with two attached hydrogens (primary N) is 1. The first-order chi connectivity index (χ1) is 9.52. The molecular weight excluding hydrogens is 261 g/mol. The van der Waals surface area contributed by atoms with E-state index in [0.717, 1.165) is 11.6 Å². The maximum atomic E-state index is 13.9. The second-order valence-electron chi connectivity index (χ2n) is 4.23. The molecule has 104 valence electrons. The number of nitrogen functional groups attached to an aromatic ring is 1. The van der Waals surface area contributed by atoms with Crippen LogP contribution in [0.15, 0.2) is 36.4 Å². The van der Waals surface area contributed by atoms with Crippen molar-refractivity contribution in [2.24, 2.45) is 0 Å². The van der Waals surface area contributed by atoms with Crippen LogP contribution in [0.4, 0.5) is 10.1 Å². The van der Waals surface area contributed by atoms with Gasteiger partial charge in [-0.2, -0.15) is 0 Å². The molecule has 0 unspecified atom stereocenters. The number of anilines is 1. The number of halogens is 1. The highest BCUT2D eigenvalue weighted by molar-refractivity contribution is 5.95. The van der Waals surface area contributed by atoms with Crippen LogP contribution >= 0.6 is 0 Å². The number of methoxy groups -OCH3 is 1. The van der Waals surface area contributed by atoms with Gasteiger partial charge in [0.2, 0.25) is 0 Å². The minimum absolute atomic E-state index is 0.00600. The summed E-state index contributed by atoms with van der Waals surface area (Å²) < 4.78 is 23.9. The Labute approximate surface area is 115 Å². The van der Waals surface area contributed by atoms with Crippen molar-refractivity contribution in [2.45, 2.75) is 6.92 Å². The van der Waals surface area contributed by atoms with E-state index in [0.29, 0.717) is 5.75 Å². The standard InChI is InChI=1S/C15H14FNO3/c1-9-5-3-4-6-13(9)20-14-7-10(15(18)19-2)12(17)8-11(14)16/h3-8H,17H2,1-2H3. The number of carbonyl (C=O) groups is 1. The highest BCUT2D eigenvalue weighted by Crippen LogP contribution is 2.30. The number of carbonyl (C=O) groups excluding carboxylic acids is 1. The second-order valence-corrected chi connectivity index (χ2v) is 4.23. The number of ether oxygens (including phenoxy) is 2. The summed E-state index contributed by atoms with van der Waals surface area (Å²) in [5, 5.41) is 0. The Morgan fingerprint density at radius 2 is 1.90 bits per heavy atom. The Bertz CT molecular complexity index is 656. The van der Waals surface area contributed by atoms with Gasteiger partial charge in [0.1, 0.15) is 5.75 Å². The van der Waals surface area contributed by atoms with Crippen LogP contribution in [0.2, 0.25) is 0 Å². The summed E-state index contributed by atoms with van der Waals surface area (Å²) in [7, 11) is 1.23. The van der Waals surface area contributed by atoms with Gasteiger partial charge in [-0.25, -0.2) is 9.18 Å².